The second kappa shape index (κ2) is 9.58. The van der Waals surface area contributed by atoms with E-state index >= 15 is 0 Å². The Bertz CT molecular complexity index is 573. The Morgan fingerprint density at radius 3 is 1.96 bits per heavy atom. The van der Waals surface area contributed by atoms with E-state index in [1.54, 1.807) is 0 Å². The van der Waals surface area contributed by atoms with Crippen molar-refractivity contribution >= 4 is 0 Å². The first-order chi connectivity index (χ1) is 11.7. The maximum atomic E-state index is 10.8. The summed E-state index contributed by atoms with van der Waals surface area (Å²) in [7, 11) is 1.93. The van der Waals surface area contributed by atoms with Crippen LogP contribution >= 0.6 is 0 Å². The van der Waals surface area contributed by atoms with E-state index in [1.807, 2.05) is 43.4 Å². The third-order valence-corrected chi connectivity index (χ3v) is 4.76. The summed E-state index contributed by atoms with van der Waals surface area (Å²) < 4.78 is 0. The van der Waals surface area contributed by atoms with E-state index in [2.05, 4.69) is 48.7 Å². The summed E-state index contributed by atoms with van der Waals surface area (Å²) in [6, 6.07) is 20.8. The monoisotopic (exact) mass is 326 g/mol. The van der Waals surface area contributed by atoms with Crippen LogP contribution in [-0.4, -0.2) is 30.8 Å². The lowest BCUT2D eigenvalue weighted by Crippen LogP contribution is -2.39. The van der Waals surface area contributed by atoms with Crippen molar-refractivity contribution < 1.29 is 5.11 Å². The highest BCUT2D eigenvalue weighted by Crippen LogP contribution is 2.29. The van der Waals surface area contributed by atoms with E-state index in [0.717, 1.165) is 18.5 Å². The van der Waals surface area contributed by atoms with Crippen LogP contribution in [0.1, 0.15) is 43.4 Å². The summed E-state index contributed by atoms with van der Waals surface area (Å²) in [6.07, 6.45) is 0.348. The van der Waals surface area contributed by atoms with E-state index in [1.165, 1.54) is 5.56 Å². The summed E-state index contributed by atoms with van der Waals surface area (Å²) in [5.41, 5.74) is 2.27. The Labute approximate surface area is 146 Å². The fourth-order valence-electron chi connectivity index (χ4n) is 3.35. The van der Waals surface area contributed by atoms with Crippen LogP contribution in [0.5, 0.6) is 0 Å². The fraction of sp³-hybridized carbons (Fsp3) is 0.429. The average molecular weight is 326 g/mol. The lowest BCUT2D eigenvalue weighted by molar-refractivity contribution is 0.121. The van der Waals surface area contributed by atoms with E-state index in [4.69, 9.17) is 0 Å². The first kappa shape index (κ1) is 18.7. The Morgan fingerprint density at radius 2 is 1.46 bits per heavy atom. The summed E-state index contributed by atoms with van der Waals surface area (Å²) >= 11 is 0. The van der Waals surface area contributed by atoms with E-state index in [-0.39, 0.29) is 6.04 Å². The largest absolute Gasteiger partial charge is 0.387 e. The van der Waals surface area contributed by atoms with Crippen molar-refractivity contribution in [2.75, 3.05) is 13.6 Å². The van der Waals surface area contributed by atoms with Crippen LogP contribution < -0.4 is 10.6 Å². The lowest BCUT2D eigenvalue weighted by Gasteiger charge is -2.31. The molecule has 3 heteroatoms. The highest BCUT2D eigenvalue weighted by Gasteiger charge is 2.27. The van der Waals surface area contributed by atoms with Gasteiger partial charge in [-0.25, -0.2) is 0 Å². The molecule has 2 aromatic carbocycles. The molecule has 0 heterocycles. The molecular weight excluding hydrogens is 296 g/mol. The van der Waals surface area contributed by atoms with Crippen molar-refractivity contribution in [3.8, 4) is 0 Å². The zero-order chi connectivity index (χ0) is 17.4. The molecule has 0 radical (unpaired) electrons. The minimum absolute atomic E-state index is 0.00119. The number of rotatable bonds is 9. The van der Waals surface area contributed by atoms with Gasteiger partial charge in [-0.05, 0) is 38.1 Å². The van der Waals surface area contributed by atoms with Crippen molar-refractivity contribution in [1.82, 2.24) is 10.6 Å². The molecule has 0 fully saturated rings. The molecule has 2 aromatic rings. The molecule has 0 bridgehead atoms. The first-order valence-electron chi connectivity index (χ1n) is 8.86. The number of aliphatic hydroxyl groups is 1. The van der Waals surface area contributed by atoms with Crippen LogP contribution in [0.2, 0.25) is 0 Å². The van der Waals surface area contributed by atoms with Gasteiger partial charge in [-0.1, -0.05) is 67.6 Å². The Hall–Kier alpha value is -1.68. The molecule has 4 atom stereocenters. The molecule has 2 rings (SSSR count). The average Bonchev–Trinajstić information content (AvgIpc) is 2.64. The molecule has 0 saturated heterocycles. The minimum Gasteiger partial charge on any atom is -0.387 e. The van der Waals surface area contributed by atoms with Gasteiger partial charge in [0, 0.05) is 18.0 Å². The summed E-state index contributed by atoms with van der Waals surface area (Å²) in [5.74, 6) is 0.335. The van der Waals surface area contributed by atoms with Crippen LogP contribution in [0.15, 0.2) is 60.7 Å². The Morgan fingerprint density at radius 1 is 0.917 bits per heavy atom. The molecule has 3 N–H and O–H groups in total. The Kier molecular flexibility index (Phi) is 7.44. The predicted octanol–water partition coefficient (Wildman–Crippen LogP) is 3.48. The number of benzene rings is 2. The molecular formula is C21H30N2O. The molecule has 0 amide bonds. The topological polar surface area (TPSA) is 44.3 Å². The van der Waals surface area contributed by atoms with Gasteiger partial charge in [-0.15, -0.1) is 0 Å². The third kappa shape index (κ3) is 4.91. The van der Waals surface area contributed by atoms with Gasteiger partial charge in [0.15, 0.2) is 0 Å². The molecule has 0 saturated carbocycles. The van der Waals surface area contributed by atoms with E-state index in [9.17, 15) is 5.11 Å². The second-order valence-electron chi connectivity index (χ2n) is 6.35. The molecule has 0 aliphatic heterocycles. The molecule has 3 nitrogen and oxygen atoms in total. The van der Waals surface area contributed by atoms with Gasteiger partial charge in [-0.2, -0.15) is 0 Å². The number of likely N-dealkylation sites (N-methyl/N-ethyl adjacent to an activating group) is 2. The number of nitrogens with one attached hydrogen (secondary N) is 2. The van der Waals surface area contributed by atoms with Gasteiger partial charge >= 0.3 is 0 Å². The number of hydrogen-bond acceptors (Lipinski definition) is 3. The van der Waals surface area contributed by atoms with Crippen molar-refractivity contribution in [3.05, 3.63) is 71.8 Å². The molecule has 0 spiro atoms. The van der Waals surface area contributed by atoms with Crippen molar-refractivity contribution in [2.24, 2.45) is 0 Å². The molecule has 0 aliphatic carbocycles. The smallest absolute Gasteiger partial charge is 0.0943 e. The maximum Gasteiger partial charge on any atom is 0.0943 e. The Balaban J connectivity index is 2.19. The molecule has 24 heavy (non-hydrogen) atoms. The SMILES string of the molecule is CCNC(C)C(CC(NC)C(O)c1ccccc1)c1ccccc1. The molecule has 130 valence electrons. The van der Waals surface area contributed by atoms with Crippen molar-refractivity contribution in [1.29, 1.82) is 0 Å². The highest BCUT2D eigenvalue weighted by molar-refractivity contribution is 5.23. The maximum absolute atomic E-state index is 10.8. The van der Waals surface area contributed by atoms with E-state index < -0.39 is 6.10 Å². The second-order valence-corrected chi connectivity index (χ2v) is 6.35. The molecule has 0 aromatic heterocycles. The van der Waals surface area contributed by atoms with Gasteiger partial charge in [0.25, 0.3) is 0 Å². The fourth-order valence-corrected chi connectivity index (χ4v) is 3.35. The van der Waals surface area contributed by atoms with E-state index in [0.29, 0.717) is 12.0 Å². The standard InChI is InChI=1S/C21H30N2O/c1-4-23-16(2)19(17-11-7-5-8-12-17)15-20(22-3)21(24)18-13-9-6-10-14-18/h5-14,16,19-24H,4,15H2,1-3H3. The number of aliphatic hydroxyl groups excluding tert-OH is 1. The van der Waals surface area contributed by atoms with Gasteiger partial charge in [0.05, 0.1) is 6.10 Å². The predicted molar refractivity (Wildman–Crippen MR) is 101 cm³/mol. The third-order valence-electron chi connectivity index (χ3n) is 4.76. The summed E-state index contributed by atoms with van der Waals surface area (Å²) in [4.78, 5) is 0. The quantitative estimate of drug-likeness (QED) is 0.661. The zero-order valence-electron chi connectivity index (χ0n) is 14.9. The van der Waals surface area contributed by atoms with Gasteiger partial charge in [-0.3, -0.25) is 0 Å². The lowest BCUT2D eigenvalue weighted by atomic mass is 9.84. The van der Waals surface area contributed by atoms with Gasteiger partial charge in [0.2, 0.25) is 0 Å². The highest BCUT2D eigenvalue weighted by atomic mass is 16.3. The minimum atomic E-state index is -0.517. The zero-order valence-corrected chi connectivity index (χ0v) is 14.9. The van der Waals surface area contributed by atoms with Gasteiger partial charge < -0.3 is 15.7 Å². The van der Waals surface area contributed by atoms with Crippen molar-refractivity contribution in [2.45, 2.75) is 44.4 Å². The summed E-state index contributed by atoms with van der Waals surface area (Å²) in [6.45, 7) is 5.30. The molecule has 0 aliphatic rings. The van der Waals surface area contributed by atoms with Crippen molar-refractivity contribution in [3.63, 3.8) is 0 Å². The van der Waals surface area contributed by atoms with Crippen LogP contribution in [0.4, 0.5) is 0 Å². The van der Waals surface area contributed by atoms with Crippen LogP contribution in [0.25, 0.3) is 0 Å². The number of hydrogen-bond donors (Lipinski definition) is 3. The molecule has 4 unspecified atom stereocenters. The first-order valence-corrected chi connectivity index (χ1v) is 8.86. The normalized spacial score (nSPS) is 16.3. The van der Waals surface area contributed by atoms with Gasteiger partial charge in [0.1, 0.15) is 0 Å². The van der Waals surface area contributed by atoms with Crippen LogP contribution in [0, 0.1) is 0 Å². The van der Waals surface area contributed by atoms with Crippen LogP contribution in [-0.2, 0) is 0 Å². The summed E-state index contributed by atoms with van der Waals surface area (Å²) in [5, 5.41) is 17.7. The van der Waals surface area contributed by atoms with Crippen LogP contribution in [0.3, 0.4) is 0 Å².